The second-order valence-electron chi connectivity index (χ2n) is 3.04. The number of nitrogens with zero attached hydrogens (tertiary/aromatic N) is 1. The molecule has 0 bridgehead atoms. The van der Waals surface area contributed by atoms with Gasteiger partial charge in [0.25, 0.3) is 0 Å². The normalized spacial score (nSPS) is 22.2. The first kappa shape index (κ1) is 10.3. The van der Waals surface area contributed by atoms with E-state index in [0.717, 1.165) is 6.54 Å². The third kappa shape index (κ3) is 2.86. The molecule has 0 saturated carbocycles. The Balaban J connectivity index is 2.20. The number of nitrogens with one attached hydrogen (secondary N) is 1. The highest BCUT2D eigenvalue weighted by atomic mass is 16.6. The number of carbonyl (C=O) groups is 1. The van der Waals surface area contributed by atoms with E-state index >= 15 is 0 Å². The minimum absolute atomic E-state index is 0.0148. The Labute approximate surface area is 78.2 Å². The summed E-state index contributed by atoms with van der Waals surface area (Å²) in [5, 5.41) is 3.11. The predicted octanol–water partition coefficient (Wildman–Crippen LogP) is -0.625. The molecule has 0 aromatic heterocycles. The molecule has 1 atom stereocenters. The maximum atomic E-state index is 11.1. The molecule has 1 heterocycles. The SMILES string of the molecule is CCN1CC(CNCCN)OC1=O. The molecule has 1 saturated heterocycles. The Hall–Kier alpha value is -0.810. The van der Waals surface area contributed by atoms with Gasteiger partial charge in [0.15, 0.2) is 0 Å². The van der Waals surface area contributed by atoms with Crippen molar-refractivity contribution in [1.82, 2.24) is 10.2 Å². The van der Waals surface area contributed by atoms with Crippen LogP contribution in [0.3, 0.4) is 0 Å². The van der Waals surface area contributed by atoms with Crippen LogP contribution >= 0.6 is 0 Å². The standard InChI is InChI=1S/C8H17N3O2/c1-2-11-6-7(13-8(11)12)5-10-4-3-9/h7,10H,2-6,9H2,1H3. The second-order valence-corrected chi connectivity index (χ2v) is 3.04. The fourth-order valence-corrected chi connectivity index (χ4v) is 1.30. The van der Waals surface area contributed by atoms with Crippen LogP contribution in [0.2, 0.25) is 0 Å². The van der Waals surface area contributed by atoms with E-state index < -0.39 is 0 Å². The average Bonchev–Trinajstić information content (AvgIpc) is 2.47. The number of ether oxygens (including phenoxy) is 1. The maximum absolute atomic E-state index is 11.1. The number of nitrogens with two attached hydrogens (primary N) is 1. The zero-order valence-electron chi connectivity index (χ0n) is 7.95. The molecular formula is C8H17N3O2. The molecule has 0 spiro atoms. The van der Waals surface area contributed by atoms with Gasteiger partial charge in [0, 0.05) is 26.2 Å². The van der Waals surface area contributed by atoms with Crippen molar-refractivity contribution in [2.45, 2.75) is 13.0 Å². The number of amides is 1. The van der Waals surface area contributed by atoms with Gasteiger partial charge < -0.3 is 20.7 Å². The van der Waals surface area contributed by atoms with Crippen molar-refractivity contribution in [3.8, 4) is 0 Å². The fraction of sp³-hybridized carbons (Fsp3) is 0.875. The summed E-state index contributed by atoms with van der Waals surface area (Å²) in [6.07, 6.45) is -0.221. The molecule has 0 aromatic carbocycles. The van der Waals surface area contributed by atoms with Gasteiger partial charge in [0.2, 0.25) is 0 Å². The quantitative estimate of drug-likeness (QED) is 0.563. The summed E-state index contributed by atoms with van der Waals surface area (Å²) < 4.78 is 5.10. The average molecular weight is 187 g/mol. The number of hydrogen-bond acceptors (Lipinski definition) is 4. The molecule has 5 heteroatoms. The molecule has 1 amide bonds. The summed E-state index contributed by atoms with van der Waals surface area (Å²) >= 11 is 0. The van der Waals surface area contributed by atoms with Crippen LogP contribution in [-0.4, -0.2) is 49.8 Å². The van der Waals surface area contributed by atoms with Crippen molar-refractivity contribution in [3.63, 3.8) is 0 Å². The number of carbonyl (C=O) groups excluding carboxylic acids is 1. The summed E-state index contributed by atoms with van der Waals surface area (Å²) in [5.41, 5.74) is 5.31. The van der Waals surface area contributed by atoms with Gasteiger partial charge in [0.05, 0.1) is 6.54 Å². The highest BCUT2D eigenvalue weighted by Crippen LogP contribution is 2.09. The highest BCUT2D eigenvalue weighted by Gasteiger charge is 2.29. The van der Waals surface area contributed by atoms with Crippen LogP contribution in [0, 0.1) is 0 Å². The van der Waals surface area contributed by atoms with Crippen LogP contribution in [-0.2, 0) is 4.74 Å². The van der Waals surface area contributed by atoms with Gasteiger partial charge >= 0.3 is 6.09 Å². The number of likely N-dealkylation sites (N-methyl/N-ethyl adjacent to an activating group) is 1. The lowest BCUT2D eigenvalue weighted by molar-refractivity contribution is 0.132. The van der Waals surface area contributed by atoms with Crippen LogP contribution in [0.4, 0.5) is 4.79 Å². The summed E-state index contributed by atoms with van der Waals surface area (Å²) in [6, 6.07) is 0. The van der Waals surface area contributed by atoms with Crippen molar-refractivity contribution in [3.05, 3.63) is 0 Å². The van der Waals surface area contributed by atoms with E-state index in [1.807, 2.05) is 6.92 Å². The summed E-state index contributed by atoms with van der Waals surface area (Å²) in [7, 11) is 0. The van der Waals surface area contributed by atoms with Gasteiger partial charge in [-0.2, -0.15) is 0 Å². The van der Waals surface area contributed by atoms with Crippen molar-refractivity contribution in [2.24, 2.45) is 5.73 Å². The van der Waals surface area contributed by atoms with Gasteiger partial charge in [-0.3, -0.25) is 0 Å². The summed E-state index contributed by atoms with van der Waals surface area (Å²) in [6.45, 7) is 5.41. The van der Waals surface area contributed by atoms with E-state index in [2.05, 4.69) is 5.32 Å². The molecule has 3 N–H and O–H groups in total. The third-order valence-corrected chi connectivity index (χ3v) is 2.02. The van der Waals surface area contributed by atoms with Gasteiger partial charge in [-0.1, -0.05) is 0 Å². The van der Waals surface area contributed by atoms with Crippen LogP contribution in [0.1, 0.15) is 6.92 Å². The lowest BCUT2D eigenvalue weighted by atomic mass is 10.3. The van der Waals surface area contributed by atoms with Gasteiger partial charge in [-0.25, -0.2) is 4.79 Å². The Kier molecular flexibility index (Phi) is 3.98. The Morgan fingerprint density at radius 1 is 1.77 bits per heavy atom. The minimum Gasteiger partial charge on any atom is -0.443 e. The van der Waals surface area contributed by atoms with Crippen molar-refractivity contribution in [2.75, 3.05) is 32.7 Å². The first-order chi connectivity index (χ1) is 6.27. The minimum atomic E-state index is -0.206. The molecule has 5 nitrogen and oxygen atoms in total. The Bertz CT molecular complexity index is 175. The van der Waals surface area contributed by atoms with Gasteiger partial charge in [-0.15, -0.1) is 0 Å². The molecular weight excluding hydrogens is 170 g/mol. The number of rotatable bonds is 5. The topological polar surface area (TPSA) is 67.6 Å². The van der Waals surface area contributed by atoms with Gasteiger partial charge in [0.1, 0.15) is 6.10 Å². The molecule has 0 aliphatic carbocycles. The summed E-state index contributed by atoms with van der Waals surface area (Å²) in [4.78, 5) is 12.8. The van der Waals surface area contributed by atoms with Crippen molar-refractivity contribution < 1.29 is 9.53 Å². The van der Waals surface area contributed by atoms with E-state index in [1.165, 1.54) is 0 Å². The van der Waals surface area contributed by atoms with E-state index in [1.54, 1.807) is 4.90 Å². The molecule has 13 heavy (non-hydrogen) atoms. The van der Waals surface area contributed by atoms with Crippen LogP contribution in [0.5, 0.6) is 0 Å². The highest BCUT2D eigenvalue weighted by molar-refractivity contribution is 5.69. The predicted molar refractivity (Wildman–Crippen MR) is 49.4 cm³/mol. The van der Waals surface area contributed by atoms with Crippen LogP contribution in [0.25, 0.3) is 0 Å². The molecule has 0 radical (unpaired) electrons. The number of hydrogen-bond donors (Lipinski definition) is 2. The second kappa shape index (κ2) is 5.04. The maximum Gasteiger partial charge on any atom is 0.410 e. The molecule has 1 unspecified atom stereocenters. The van der Waals surface area contributed by atoms with Gasteiger partial charge in [-0.05, 0) is 6.92 Å². The van der Waals surface area contributed by atoms with E-state index in [-0.39, 0.29) is 12.2 Å². The zero-order chi connectivity index (χ0) is 9.68. The van der Waals surface area contributed by atoms with E-state index in [0.29, 0.717) is 26.2 Å². The fourth-order valence-electron chi connectivity index (χ4n) is 1.30. The van der Waals surface area contributed by atoms with E-state index in [9.17, 15) is 4.79 Å². The van der Waals surface area contributed by atoms with Crippen molar-refractivity contribution in [1.29, 1.82) is 0 Å². The third-order valence-electron chi connectivity index (χ3n) is 2.02. The molecule has 1 rings (SSSR count). The monoisotopic (exact) mass is 187 g/mol. The Morgan fingerprint density at radius 2 is 2.54 bits per heavy atom. The lowest BCUT2D eigenvalue weighted by Crippen LogP contribution is -2.33. The smallest absolute Gasteiger partial charge is 0.410 e. The van der Waals surface area contributed by atoms with Crippen LogP contribution < -0.4 is 11.1 Å². The van der Waals surface area contributed by atoms with Crippen LogP contribution in [0.15, 0.2) is 0 Å². The molecule has 1 aliphatic rings. The lowest BCUT2D eigenvalue weighted by Gasteiger charge is -2.09. The molecule has 1 aliphatic heterocycles. The van der Waals surface area contributed by atoms with E-state index in [4.69, 9.17) is 10.5 Å². The Morgan fingerprint density at radius 3 is 3.08 bits per heavy atom. The molecule has 0 aromatic rings. The summed E-state index contributed by atoms with van der Waals surface area (Å²) in [5.74, 6) is 0. The molecule has 76 valence electrons. The first-order valence-corrected chi connectivity index (χ1v) is 4.64. The number of cyclic esters (lactones) is 1. The van der Waals surface area contributed by atoms with Crippen molar-refractivity contribution >= 4 is 6.09 Å². The largest absolute Gasteiger partial charge is 0.443 e. The zero-order valence-corrected chi connectivity index (χ0v) is 7.95. The molecule has 1 fully saturated rings. The first-order valence-electron chi connectivity index (χ1n) is 4.64.